The Balaban J connectivity index is 1.93. The number of rotatable bonds is 10. The monoisotopic (exact) mass is 396 g/mol. The van der Waals surface area contributed by atoms with Crippen LogP contribution in [0.1, 0.15) is 55.6 Å². The SMILES string of the molecule is CCCCCCNC(=O)c1cc2c(OCC)cccc2n1Cc1cccc(F)c1. The Bertz CT molecular complexity index is 965. The molecule has 0 fully saturated rings. The number of unbranched alkanes of at least 4 members (excludes halogenated alkanes) is 3. The zero-order chi connectivity index (χ0) is 20.6. The van der Waals surface area contributed by atoms with Crippen molar-refractivity contribution in [3.63, 3.8) is 0 Å². The molecule has 5 heteroatoms. The molecular formula is C24H29FN2O2. The van der Waals surface area contributed by atoms with E-state index in [1.165, 1.54) is 18.6 Å². The van der Waals surface area contributed by atoms with E-state index in [1.807, 2.05) is 41.8 Å². The second kappa shape index (κ2) is 10.1. The van der Waals surface area contributed by atoms with Crippen LogP contribution in [0, 0.1) is 5.82 Å². The molecule has 0 aliphatic rings. The van der Waals surface area contributed by atoms with Crippen LogP contribution in [0.4, 0.5) is 4.39 Å². The second-order valence-corrected chi connectivity index (χ2v) is 7.18. The summed E-state index contributed by atoms with van der Waals surface area (Å²) in [6.07, 6.45) is 4.41. The Kier molecular flexibility index (Phi) is 7.28. The lowest BCUT2D eigenvalue weighted by Gasteiger charge is -2.12. The molecule has 0 spiro atoms. The predicted molar refractivity (Wildman–Crippen MR) is 115 cm³/mol. The van der Waals surface area contributed by atoms with Gasteiger partial charge >= 0.3 is 0 Å². The van der Waals surface area contributed by atoms with Crippen molar-refractivity contribution < 1.29 is 13.9 Å². The fourth-order valence-corrected chi connectivity index (χ4v) is 3.56. The van der Waals surface area contributed by atoms with Crippen molar-refractivity contribution in [2.45, 2.75) is 46.1 Å². The van der Waals surface area contributed by atoms with Crippen molar-refractivity contribution >= 4 is 16.8 Å². The molecule has 1 heterocycles. The van der Waals surface area contributed by atoms with Crippen LogP contribution in [0.5, 0.6) is 5.75 Å². The Morgan fingerprint density at radius 2 is 1.90 bits per heavy atom. The zero-order valence-electron chi connectivity index (χ0n) is 17.2. The summed E-state index contributed by atoms with van der Waals surface area (Å²) < 4.78 is 21.4. The molecule has 0 radical (unpaired) electrons. The highest BCUT2D eigenvalue weighted by molar-refractivity contribution is 6.00. The molecule has 1 N–H and O–H groups in total. The van der Waals surface area contributed by atoms with Gasteiger partial charge in [0, 0.05) is 18.5 Å². The Labute approximate surface area is 171 Å². The number of hydrogen-bond acceptors (Lipinski definition) is 2. The van der Waals surface area contributed by atoms with Crippen molar-refractivity contribution in [1.29, 1.82) is 0 Å². The molecule has 0 atom stereocenters. The number of fused-ring (bicyclic) bond motifs is 1. The molecule has 0 unspecified atom stereocenters. The maximum Gasteiger partial charge on any atom is 0.267 e. The van der Waals surface area contributed by atoms with E-state index in [9.17, 15) is 9.18 Å². The third kappa shape index (κ3) is 5.17. The smallest absolute Gasteiger partial charge is 0.267 e. The fraction of sp³-hybridized carbons (Fsp3) is 0.375. The van der Waals surface area contributed by atoms with E-state index < -0.39 is 0 Å². The molecule has 1 amide bonds. The summed E-state index contributed by atoms with van der Waals surface area (Å²) in [5.74, 6) is 0.354. The predicted octanol–water partition coefficient (Wildman–Crippen LogP) is 5.54. The van der Waals surface area contributed by atoms with Gasteiger partial charge in [-0.2, -0.15) is 0 Å². The van der Waals surface area contributed by atoms with Gasteiger partial charge in [0.15, 0.2) is 0 Å². The Morgan fingerprint density at radius 1 is 1.07 bits per heavy atom. The number of nitrogens with zero attached hydrogens (tertiary/aromatic N) is 1. The van der Waals surface area contributed by atoms with Crippen LogP contribution in [0.25, 0.3) is 10.9 Å². The average molecular weight is 397 g/mol. The second-order valence-electron chi connectivity index (χ2n) is 7.18. The van der Waals surface area contributed by atoms with Gasteiger partial charge in [-0.25, -0.2) is 4.39 Å². The van der Waals surface area contributed by atoms with Gasteiger partial charge in [-0.15, -0.1) is 0 Å². The normalized spacial score (nSPS) is 11.0. The van der Waals surface area contributed by atoms with E-state index in [-0.39, 0.29) is 11.7 Å². The van der Waals surface area contributed by atoms with Crippen molar-refractivity contribution in [1.82, 2.24) is 9.88 Å². The molecule has 0 saturated heterocycles. The lowest BCUT2D eigenvalue weighted by atomic mass is 10.2. The first-order valence-electron chi connectivity index (χ1n) is 10.4. The van der Waals surface area contributed by atoms with E-state index in [0.717, 1.165) is 41.5 Å². The highest BCUT2D eigenvalue weighted by Crippen LogP contribution is 2.30. The zero-order valence-corrected chi connectivity index (χ0v) is 17.2. The van der Waals surface area contributed by atoms with Crippen molar-refractivity contribution in [3.8, 4) is 5.75 Å². The molecule has 154 valence electrons. The van der Waals surface area contributed by atoms with Gasteiger partial charge in [0.1, 0.15) is 17.3 Å². The lowest BCUT2D eigenvalue weighted by Crippen LogP contribution is -2.27. The summed E-state index contributed by atoms with van der Waals surface area (Å²) in [5, 5.41) is 3.92. The summed E-state index contributed by atoms with van der Waals surface area (Å²) in [5.41, 5.74) is 2.27. The summed E-state index contributed by atoms with van der Waals surface area (Å²) in [6.45, 7) is 5.72. The molecule has 3 aromatic rings. The summed E-state index contributed by atoms with van der Waals surface area (Å²) in [7, 11) is 0. The van der Waals surface area contributed by atoms with Gasteiger partial charge in [0.05, 0.1) is 12.1 Å². The van der Waals surface area contributed by atoms with Gasteiger partial charge in [-0.3, -0.25) is 4.79 Å². The first kappa shape index (κ1) is 20.9. The highest BCUT2D eigenvalue weighted by atomic mass is 19.1. The van der Waals surface area contributed by atoms with Gasteiger partial charge in [-0.1, -0.05) is 44.4 Å². The van der Waals surface area contributed by atoms with E-state index in [1.54, 1.807) is 6.07 Å². The van der Waals surface area contributed by atoms with Crippen LogP contribution in [0.15, 0.2) is 48.5 Å². The maximum atomic E-state index is 13.7. The van der Waals surface area contributed by atoms with Crippen LogP contribution in [0.2, 0.25) is 0 Å². The molecule has 3 rings (SSSR count). The molecule has 0 aliphatic heterocycles. The molecular weight excluding hydrogens is 367 g/mol. The minimum atomic E-state index is -0.282. The Hall–Kier alpha value is -2.82. The molecule has 2 aromatic carbocycles. The number of halogens is 1. The van der Waals surface area contributed by atoms with Crippen LogP contribution in [0.3, 0.4) is 0 Å². The molecule has 29 heavy (non-hydrogen) atoms. The number of amides is 1. The number of carbonyl (C=O) groups excluding carboxylic acids is 1. The Morgan fingerprint density at radius 3 is 2.66 bits per heavy atom. The van der Waals surface area contributed by atoms with Crippen LogP contribution in [-0.2, 0) is 6.54 Å². The third-order valence-corrected chi connectivity index (χ3v) is 4.98. The van der Waals surface area contributed by atoms with E-state index in [4.69, 9.17) is 4.74 Å². The van der Waals surface area contributed by atoms with Crippen LogP contribution < -0.4 is 10.1 Å². The topological polar surface area (TPSA) is 43.3 Å². The largest absolute Gasteiger partial charge is 0.493 e. The van der Waals surface area contributed by atoms with Crippen LogP contribution in [-0.4, -0.2) is 23.6 Å². The van der Waals surface area contributed by atoms with Gasteiger partial charge in [0.2, 0.25) is 0 Å². The molecule has 0 aliphatic carbocycles. The quantitative estimate of drug-likeness (QED) is 0.457. The first-order valence-corrected chi connectivity index (χ1v) is 10.4. The number of carbonyl (C=O) groups is 1. The van der Waals surface area contributed by atoms with E-state index >= 15 is 0 Å². The van der Waals surface area contributed by atoms with Crippen molar-refractivity contribution in [2.75, 3.05) is 13.2 Å². The molecule has 0 saturated carbocycles. The van der Waals surface area contributed by atoms with Gasteiger partial charge in [-0.05, 0) is 49.2 Å². The van der Waals surface area contributed by atoms with Crippen molar-refractivity contribution in [3.05, 3.63) is 65.6 Å². The standard InChI is InChI=1S/C24H29FN2O2/c1-3-5-6-7-14-26-24(28)22-16-20-21(12-9-13-23(20)29-4-2)27(22)17-18-10-8-11-19(25)15-18/h8-13,15-16H,3-7,14,17H2,1-2H3,(H,26,28). The third-order valence-electron chi connectivity index (χ3n) is 4.98. The average Bonchev–Trinajstić information content (AvgIpc) is 3.07. The first-order chi connectivity index (χ1) is 14.1. The summed E-state index contributed by atoms with van der Waals surface area (Å²) in [4.78, 5) is 12.9. The fourth-order valence-electron chi connectivity index (χ4n) is 3.56. The number of aromatic nitrogens is 1. The lowest BCUT2D eigenvalue weighted by molar-refractivity contribution is 0.0944. The number of ether oxygens (including phenoxy) is 1. The maximum absolute atomic E-state index is 13.7. The number of hydrogen-bond donors (Lipinski definition) is 1. The minimum absolute atomic E-state index is 0.114. The highest BCUT2D eigenvalue weighted by Gasteiger charge is 2.18. The summed E-state index contributed by atoms with van der Waals surface area (Å²) in [6, 6.07) is 14.2. The van der Waals surface area contributed by atoms with E-state index in [2.05, 4.69) is 12.2 Å². The van der Waals surface area contributed by atoms with Gasteiger partial charge in [0.25, 0.3) is 5.91 Å². The minimum Gasteiger partial charge on any atom is -0.493 e. The number of benzene rings is 2. The van der Waals surface area contributed by atoms with E-state index in [0.29, 0.717) is 25.4 Å². The molecule has 1 aromatic heterocycles. The van der Waals surface area contributed by atoms with Crippen molar-refractivity contribution in [2.24, 2.45) is 0 Å². The molecule has 4 nitrogen and oxygen atoms in total. The van der Waals surface area contributed by atoms with Crippen LogP contribution >= 0.6 is 0 Å². The van der Waals surface area contributed by atoms with Gasteiger partial charge < -0.3 is 14.6 Å². The molecule has 0 bridgehead atoms. The summed E-state index contributed by atoms with van der Waals surface area (Å²) >= 11 is 0. The number of nitrogens with one attached hydrogen (secondary N) is 1.